The number of esters is 2. The average molecular weight is 573 g/mol. The molecule has 0 radical (unpaired) electrons. The summed E-state index contributed by atoms with van der Waals surface area (Å²) in [4.78, 5) is 51.7. The summed E-state index contributed by atoms with van der Waals surface area (Å²) in [7, 11) is 0. The number of ether oxygens (including phenoxy) is 2. The van der Waals surface area contributed by atoms with Crippen LogP contribution in [0.5, 0.6) is 0 Å². The predicted octanol–water partition coefficient (Wildman–Crippen LogP) is 5.46. The van der Waals surface area contributed by atoms with Crippen molar-refractivity contribution in [3.63, 3.8) is 0 Å². The fourth-order valence-corrected chi connectivity index (χ4v) is 3.91. The highest BCUT2D eigenvalue weighted by Gasteiger charge is 2.38. The molecular weight excluding hydrogens is 532 g/mol. The Morgan fingerprint density at radius 2 is 0.952 bits per heavy atom. The lowest BCUT2D eigenvalue weighted by atomic mass is 9.86. The zero-order valence-electron chi connectivity index (χ0n) is 25.1. The van der Waals surface area contributed by atoms with Crippen LogP contribution in [0.15, 0.2) is 84.9 Å². The van der Waals surface area contributed by atoms with Gasteiger partial charge in [0.1, 0.15) is 12.2 Å². The van der Waals surface area contributed by atoms with E-state index in [2.05, 4.69) is 10.6 Å². The first-order valence-corrected chi connectivity index (χ1v) is 14.0. The topological polar surface area (TPSA) is 111 Å². The highest BCUT2D eigenvalue weighted by Crippen LogP contribution is 2.27. The summed E-state index contributed by atoms with van der Waals surface area (Å²) in [6, 6.07) is 25.0. The summed E-state index contributed by atoms with van der Waals surface area (Å²) in [5, 5.41) is 5.78. The zero-order chi connectivity index (χ0) is 30.9. The van der Waals surface area contributed by atoms with Crippen LogP contribution in [0.1, 0.15) is 73.4 Å². The van der Waals surface area contributed by atoms with Crippen molar-refractivity contribution < 1.29 is 28.7 Å². The van der Waals surface area contributed by atoms with Crippen molar-refractivity contribution in [2.75, 3.05) is 0 Å². The van der Waals surface area contributed by atoms with Crippen molar-refractivity contribution in [1.82, 2.24) is 10.6 Å². The number of rotatable bonds is 12. The number of hydrogen-bond donors (Lipinski definition) is 2. The first-order valence-electron chi connectivity index (χ1n) is 14.0. The summed E-state index contributed by atoms with van der Waals surface area (Å²) in [6.07, 6.45) is -1.52. The third-order valence-corrected chi connectivity index (χ3v) is 7.70. The van der Waals surface area contributed by atoms with Gasteiger partial charge in [0.25, 0.3) is 0 Å². The zero-order valence-corrected chi connectivity index (χ0v) is 25.1. The molecule has 0 spiro atoms. The summed E-state index contributed by atoms with van der Waals surface area (Å²) in [5.74, 6) is -1.86. The van der Waals surface area contributed by atoms with Crippen LogP contribution in [0, 0.1) is 10.8 Å². The van der Waals surface area contributed by atoms with Gasteiger partial charge >= 0.3 is 11.9 Å². The van der Waals surface area contributed by atoms with Crippen molar-refractivity contribution in [1.29, 1.82) is 0 Å². The largest absolute Gasteiger partial charge is 0.458 e. The molecule has 0 aliphatic carbocycles. The Morgan fingerprint density at radius 1 is 0.595 bits per heavy atom. The molecule has 8 heteroatoms. The van der Waals surface area contributed by atoms with E-state index in [-0.39, 0.29) is 22.9 Å². The van der Waals surface area contributed by atoms with E-state index in [1.165, 1.54) is 18.2 Å². The normalized spacial score (nSPS) is 12.9. The van der Waals surface area contributed by atoms with E-state index in [9.17, 15) is 19.2 Å². The number of nitrogens with one attached hydrogen (secondary N) is 2. The number of carbonyl (C=O) groups is 4. The maximum atomic E-state index is 13.0. The quantitative estimate of drug-likeness (QED) is 0.279. The van der Waals surface area contributed by atoms with Crippen LogP contribution >= 0.6 is 0 Å². The molecule has 0 aliphatic rings. The maximum Gasteiger partial charge on any atom is 0.338 e. The van der Waals surface area contributed by atoms with Crippen molar-refractivity contribution in [2.24, 2.45) is 10.8 Å². The SMILES string of the molecule is CC(OC(=O)c1cccc(C(=O)OC(C)C(C)(C)C(=O)NCc2ccccc2)c1)C(C)(C)C(=O)NCc1ccccc1. The minimum absolute atomic E-state index is 0.143. The molecule has 2 unspecified atom stereocenters. The summed E-state index contributed by atoms with van der Waals surface area (Å²) < 4.78 is 11.3. The third-order valence-electron chi connectivity index (χ3n) is 7.70. The molecule has 2 amide bonds. The molecule has 3 aromatic carbocycles. The maximum absolute atomic E-state index is 13.0. The Morgan fingerprint density at radius 3 is 1.31 bits per heavy atom. The van der Waals surface area contributed by atoms with Gasteiger partial charge in [-0.05, 0) is 70.9 Å². The van der Waals surface area contributed by atoms with Crippen molar-refractivity contribution in [3.8, 4) is 0 Å². The van der Waals surface area contributed by atoms with Crippen molar-refractivity contribution >= 4 is 23.8 Å². The van der Waals surface area contributed by atoms with Gasteiger partial charge in [0, 0.05) is 13.1 Å². The van der Waals surface area contributed by atoms with E-state index in [0.29, 0.717) is 13.1 Å². The van der Waals surface area contributed by atoms with E-state index in [0.717, 1.165) is 11.1 Å². The number of benzene rings is 3. The van der Waals surface area contributed by atoms with E-state index in [1.54, 1.807) is 47.6 Å². The van der Waals surface area contributed by atoms with Crippen molar-refractivity contribution in [2.45, 2.75) is 66.8 Å². The number of amides is 2. The summed E-state index contributed by atoms with van der Waals surface area (Å²) >= 11 is 0. The van der Waals surface area contributed by atoms with Gasteiger partial charge in [0.2, 0.25) is 11.8 Å². The number of hydrogen-bond acceptors (Lipinski definition) is 6. The van der Waals surface area contributed by atoms with Gasteiger partial charge in [-0.2, -0.15) is 0 Å². The van der Waals surface area contributed by atoms with Crippen LogP contribution in [-0.2, 0) is 32.2 Å². The second-order valence-corrected chi connectivity index (χ2v) is 11.5. The minimum atomic E-state index is -1.01. The molecule has 3 aromatic rings. The molecule has 0 aliphatic heterocycles. The first-order chi connectivity index (χ1) is 19.8. The van der Waals surface area contributed by atoms with E-state index in [1.807, 2.05) is 60.7 Å². The molecule has 8 nitrogen and oxygen atoms in total. The molecular formula is C34H40N2O6. The molecule has 0 saturated carbocycles. The third kappa shape index (κ3) is 8.28. The molecule has 2 N–H and O–H groups in total. The molecule has 42 heavy (non-hydrogen) atoms. The first kappa shape index (κ1) is 32.1. The fraction of sp³-hybridized carbons (Fsp3) is 0.353. The van der Waals surface area contributed by atoms with E-state index < -0.39 is 35.0 Å². The molecule has 0 aromatic heterocycles. The smallest absolute Gasteiger partial charge is 0.338 e. The molecule has 0 heterocycles. The lowest BCUT2D eigenvalue weighted by molar-refractivity contribution is -0.136. The summed E-state index contributed by atoms with van der Waals surface area (Å²) in [5.41, 5.74) is 0.182. The lowest BCUT2D eigenvalue weighted by Crippen LogP contribution is -2.45. The standard InChI is InChI=1S/C34H40N2O6/c1-23(33(3,4)31(39)35-21-25-14-9-7-10-15-25)41-29(37)27-18-13-19-28(20-27)30(38)42-24(2)34(5,6)32(40)36-22-26-16-11-8-12-17-26/h7-20,23-24H,21-22H2,1-6H3,(H,35,39)(H,36,40). The van der Waals surface area contributed by atoms with Crippen LogP contribution < -0.4 is 10.6 Å². The Bertz CT molecular complexity index is 1280. The van der Waals surface area contributed by atoms with Crippen LogP contribution in [0.2, 0.25) is 0 Å². The van der Waals surface area contributed by atoms with Gasteiger partial charge in [-0.25, -0.2) is 9.59 Å². The molecule has 222 valence electrons. The highest BCUT2D eigenvalue weighted by atomic mass is 16.5. The molecule has 0 fully saturated rings. The van der Waals surface area contributed by atoms with E-state index in [4.69, 9.17) is 9.47 Å². The Balaban J connectivity index is 1.58. The van der Waals surface area contributed by atoms with Crippen LogP contribution in [0.3, 0.4) is 0 Å². The Kier molecular flexibility index (Phi) is 10.6. The molecule has 3 rings (SSSR count). The Hall–Kier alpha value is -4.46. The second-order valence-electron chi connectivity index (χ2n) is 11.5. The van der Waals surface area contributed by atoms with Crippen LogP contribution in [-0.4, -0.2) is 36.0 Å². The van der Waals surface area contributed by atoms with Gasteiger partial charge in [-0.1, -0.05) is 66.7 Å². The number of carbonyl (C=O) groups excluding carboxylic acids is 4. The van der Waals surface area contributed by atoms with Gasteiger partial charge in [0.05, 0.1) is 22.0 Å². The predicted molar refractivity (Wildman–Crippen MR) is 160 cm³/mol. The van der Waals surface area contributed by atoms with Gasteiger partial charge in [-0.3, -0.25) is 9.59 Å². The fourth-order valence-electron chi connectivity index (χ4n) is 3.91. The molecule has 0 saturated heterocycles. The highest BCUT2D eigenvalue weighted by molar-refractivity contribution is 5.96. The summed E-state index contributed by atoms with van der Waals surface area (Å²) in [6.45, 7) is 10.9. The van der Waals surface area contributed by atoms with Gasteiger partial charge in [-0.15, -0.1) is 0 Å². The van der Waals surface area contributed by atoms with Crippen LogP contribution in [0.25, 0.3) is 0 Å². The second kappa shape index (κ2) is 13.9. The Labute approximate surface area is 247 Å². The van der Waals surface area contributed by atoms with Gasteiger partial charge in [0.15, 0.2) is 0 Å². The lowest BCUT2D eigenvalue weighted by Gasteiger charge is -2.30. The van der Waals surface area contributed by atoms with Gasteiger partial charge < -0.3 is 20.1 Å². The van der Waals surface area contributed by atoms with E-state index >= 15 is 0 Å². The molecule has 2 atom stereocenters. The average Bonchev–Trinajstić information content (AvgIpc) is 2.99. The minimum Gasteiger partial charge on any atom is -0.458 e. The van der Waals surface area contributed by atoms with Crippen LogP contribution in [0.4, 0.5) is 0 Å². The monoisotopic (exact) mass is 572 g/mol. The molecule has 0 bridgehead atoms. The van der Waals surface area contributed by atoms with Crippen molar-refractivity contribution in [3.05, 3.63) is 107 Å².